The molecule has 3 aliphatic rings. The normalized spacial score (nSPS) is 29.9. The number of carbonyl (C=O) groups excluding carboxylic acids is 3. The van der Waals surface area contributed by atoms with Crippen LogP contribution >= 0.6 is 39.3 Å². The first-order valence-electron chi connectivity index (χ1n) is 12.5. The van der Waals surface area contributed by atoms with E-state index in [2.05, 4.69) is 26.6 Å². The molecule has 3 heterocycles. The monoisotopic (exact) mass is 605 g/mol. The molecule has 3 amide bonds. The van der Waals surface area contributed by atoms with Crippen molar-refractivity contribution in [2.24, 2.45) is 11.8 Å². The van der Waals surface area contributed by atoms with Gasteiger partial charge in [-0.2, -0.15) is 0 Å². The number of amides is 3. The number of halogens is 2. The van der Waals surface area contributed by atoms with Crippen LogP contribution in [0, 0.1) is 11.8 Å². The molecule has 3 N–H and O–H groups in total. The van der Waals surface area contributed by atoms with Crippen molar-refractivity contribution in [1.29, 1.82) is 0 Å². The lowest BCUT2D eigenvalue weighted by Crippen LogP contribution is -2.53. The molecular weight excluding hydrogens is 578 g/mol. The van der Waals surface area contributed by atoms with Crippen LogP contribution in [0.1, 0.15) is 24.8 Å². The molecule has 10 heteroatoms. The molecule has 37 heavy (non-hydrogen) atoms. The zero-order valence-corrected chi connectivity index (χ0v) is 23.3. The molecule has 1 spiro atoms. The molecule has 0 saturated carbocycles. The average molecular weight is 607 g/mol. The molecule has 0 aromatic heterocycles. The number of thioether (sulfide) groups is 1. The van der Waals surface area contributed by atoms with Crippen molar-refractivity contribution in [3.63, 3.8) is 0 Å². The van der Waals surface area contributed by atoms with Gasteiger partial charge >= 0.3 is 0 Å². The van der Waals surface area contributed by atoms with E-state index in [1.807, 2.05) is 30.3 Å². The van der Waals surface area contributed by atoms with Gasteiger partial charge in [-0.25, -0.2) is 0 Å². The van der Waals surface area contributed by atoms with Crippen LogP contribution in [0.4, 0.5) is 5.69 Å². The van der Waals surface area contributed by atoms with E-state index in [4.69, 9.17) is 11.6 Å². The molecule has 3 aliphatic heterocycles. The van der Waals surface area contributed by atoms with Crippen molar-refractivity contribution in [2.45, 2.75) is 46.7 Å². The molecule has 196 valence electrons. The van der Waals surface area contributed by atoms with Gasteiger partial charge in [0.25, 0.3) is 0 Å². The molecule has 0 radical (unpaired) electrons. The second-order valence-corrected chi connectivity index (χ2v) is 13.0. The average Bonchev–Trinajstić information content (AvgIpc) is 3.48. The number of unbranched alkanes of at least 4 members (excludes halogenated alkanes) is 1. The SMILES string of the molecule is O=C(Nc1ccc(Cl)cc1)C1N(CCCCO)C(=O)[C@@H]2[C@H](C(=O)NCc3ccccc3)[C@H]3SC12CC3Br. The van der Waals surface area contributed by atoms with Crippen LogP contribution in [-0.4, -0.2) is 61.7 Å². The summed E-state index contributed by atoms with van der Waals surface area (Å²) >= 11 is 11.4. The van der Waals surface area contributed by atoms with Crippen molar-refractivity contribution in [2.75, 3.05) is 18.5 Å². The third-order valence-electron chi connectivity index (χ3n) is 7.57. The second kappa shape index (κ2) is 11.0. The minimum absolute atomic E-state index is 0.0113. The second-order valence-electron chi connectivity index (χ2n) is 9.83. The maximum Gasteiger partial charge on any atom is 0.248 e. The van der Waals surface area contributed by atoms with Crippen LogP contribution in [-0.2, 0) is 20.9 Å². The third kappa shape index (κ3) is 4.91. The van der Waals surface area contributed by atoms with Crippen molar-refractivity contribution >= 4 is 62.7 Å². The van der Waals surface area contributed by atoms with Gasteiger partial charge < -0.3 is 20.6 Å². The van der Waals surface area contributed by atoms with Crippen LogP contribution < -0.4 is 10.6 Å². The van der Waals surface area contributed by atoms with Gasteiger partial charge in [0.05, 0.1) is 16.6 Å². The number of aliphatic hydroxyl groups excluding tert-OH is 1. The summed E-state index contributed by atoms with van der Waals surface area (Å²) in [6, 6.07) is 15.8. The molecule has 7 nitrogen and oxygen atoms in total. The first-order valence-corrected chi connectivity index (χ1v) is 14.6. The highest BCUT2D eigenvalue weighted by atomic mass is 79.9. The summed E-state index contributed by atoms with van der Waals surface area (Å²) in [7, 11) is 0. The van der Waals surface area contributed by atoms with E-state index in [1.54, 1.807) is 40.9 Å². The fourth-order valence-corrected chi connectivity index (χ4v) is 9.75. The fourth-order valence-electron chi connectivity index (χ4n) is 6.01. The van der Waals surface area contributed by atoms with E-state index in [-0.39, 0.29) is 34.4 Å². The van der Waals surface area contributed by atoms with Crippen molar-refractivity contribution in [3.05, 3.63) is 65.2 Å². The van der Waals surface area contributed by atoms with Gasteiger partial charge in [0.15, 0.2) is 0 Å². The Balaban J connectivity index is 1.43. The number of hydrogen-bond acceptors (Lipinski definition) is 5. The maximum atomic E-state index is 13.9. The van der Waals surface area contributed by atoms with Crippen LogP contribution in [0.15, 0.2) is 54.6 Å². The number of hydrogen-bond donors (Lipinski definition) is 3. The lowest BCUT2D eigenvalue weighted by Gasteiger charge is -2.35. The summed E-state index contributed by atoms with van der Waals surface area (Å²) in [6.07, 6.45) is 1.73. The topological polar surface area (TPSA) is 98.7 Å². The number of likely N-dealkylation sites (tertiary alicyclic amines) is 1. The number of carbonyl (C=O) groups is 3. The molecule has 6 atom stereocenters. The largest absolute Gasteiger partial charge is 0.396 e. The van der Waals surface area contributed by atoms with Gasteiger partial charge in [-0.15, -0.1) is 11.8 Å². The molecule has 2 bridgehead atoms. The Morgan fingerprint density at radius 1 is 1.11 bits per heavy atom. The molecule has 2 aromatic rings. The van der Waals surface area contributed by atoms with Gasteiger partial charge in [-0.05, 0) is 49.1 Å². The number of anilines is 1. The standard InChI is InChI=1S/C27H29BrClN3O4S/c28-19-14-27-21(20(22(19)37-27)24(34)30-15-16-6-2-1-3-7-16)26(36)32(12-4-5-13-33)23(27)25(35)31-18-10-8-17(29)9-11-18/h1-3,6-11,19-23,33H,4-5,12-15H2,(H,30,34)(H,31,35)/t19?,20-,21-,22-,23?,27?/m0/s1. The summed E-state index contributed by atoms with van der Waals surface area (Å²) in [6.45, 7) is 0.755. The highest BCUT2D eigenvalue weighted by Crippen LogP contribution is 2.67. The molecular formula is C27H29BrClN3O4S. The summed E-state index contributed by atoms with van der Waals surface area (Å²) in [5, 5.41) is 15.8. The highest BCUT2D eigenvalue weighted by molar-refractivity contribution is 9.09. The van der Waals surface area contributed by atoms with Crippen molar-refractivity contribution < 1.29 is 19.5 Å². The highest BCUT2D eigenvalue weighted by Gasteiger charge is 2.75. The summed E-state index contributed by atoms with van der Waals surface area (Å²) in [5.41, 5.74) is 1.59. The zero-order valence-electron chi connectivity index (χ0n) is 20.1. The molecule has 3 saturated heterocycles. The van der Waals surface area contributed by atoms with Gasteiger partial charge in [0, 0.05) is 40.5 Å². The fraction of sp³-hybridized carbons (Fsp3) is 0.444. The lowest BCUT2D eigenvalue weighted by atomic mass is 9.70. The van der Waals surface area contributed by atoms with Crippen LogP contribution in [0.2, 0.25) is 5.02 Å². The van der Waals surface area contributed by atoms with Crippen LogP contribution in [0.3, 0.4) is 0 Å². The van der Waals surface area contributed by atoms with E-state index < -0.39 is 22.6 Å². The van der Waals surface area contributed by atoms with Crippen LogP contribution in [0.5, 0.6) is 0 Å². The smallest absolute Gasteiger partial charge is 0.248 e. The molecule has 3 unspecified atom stereocenters. The molecule has 5 rings (SSSR count). The quantitative estimate of drug-likeness (QED) is 0.298. The first kappa shape index (κ1) is 26.5. The van der Waals surface area contributed by atoms with Gasteiger partial charge in [0.2, 0.25) is 17.7 Å². The summed E-state index contributed by atoms with van der Waals surface area (Å²) < 4.78 is -0.708. The number of nitrogens with one attached hydrogen (secondary N) is 2. The Bertz CT molecular complexity index is 1170. The summed E-state index contributed by atoms with van der Waals surface area (Å²) in [5.74, 6) is -1.68. The van der Waals surface area contributed by atoms with E-state index in [9.17, 15) is 19.5 Å². The molecule has 3 fully saturated rings. The number of nitrogens with zero attached hydrogens (tertiary/aromatic N) is 1. The Hall–Kier alpha value is -2.07. The van der Waals surface area contributed by atoms with E-state index in [0.717, 1.165) is 5.56 Å². The number of aliphatic hydroxyl groups is 1. The predicted molar refractivity (Wildman–Crippen MR) is 149 cm³/mol. The zero-order chi connectivity index (χ0) is 26.2. The minimum Gasteiger partial charge on any atom is -0.396 e. The Morgan fingerprint density at radius 2 is 1.84 bits per heavy atom. The predicted octanol–water partition coefficient (Wildman–Crippen LogP) is 3.83. The number of rotatable bonds is 9. The first-order chi connectivity index (χ1) is 17.9. The third-order valence-corrected chi connectivity index (χ3v) is 11.0. The number of fused-ring (bicyclic) bond motifs is 1. The molecule has 2 aromatic carbocycles. The van der Waals surface area contributed by atoms with E-state index >= 15 is 0 Å². The Labute approximate surface area is 233 Å². The number of benzene rings is 2. The van der Waals surface area contributed by atoms with Gasteiger partial charge in [-0.3, -0.25) is 14.4 Å². The summed E-state index contributed by atoms with van der Waals surface area (Å²) in [4.78, 5) is 42.9. The van der Waals surface area contributed by atoms with Crippen molar-refractivity contribution in [3.8, 4) is 0 Å². The lowest BCUT2D eigenvalue weighted by molar-refractivity contribution is -0.139. The maximum absolute atomic E-state index is 13.9. The van der Waals surface area contributed by atoms with E-state index in [1.165, 1.54) is 0 Å². The van der Waals surface area contributed by atoms with Crippen molar-refractivity contribution in [1.82, 2.24) is 10.2 Å². The van der Waals surface area contributed by atoms with Crippen LogP contribution in [0.25, 0.3) is 0 Å². The van der Waals surface area contributed by atoms with Gasteiger partial charge in [0.1, 0.15) is 6.04 Å². The van der Waals surface area contributed by atoms with E-state index in [0.29, 0.717) is 43.1 Å². The Kier molecular flexibility index (Phi) is 7.86. The Morgan fingerprint density at radius 3 is 2.54 bits per heavy atom. The molecule has 0 aliphatic carbocycles. The minimum atomic E-state index is -0.721. The number of alkyl halides is 1. The van der Waals surface area contributed by atoms with Gasteiger partial charge in [-0.1, -0.05) is 57.9 Å².